The number of aryl methyl sites for hydroxylation is 1. The molecule has 0 radical (unpaired) electrons. The van der Waals surface area contributed by atoms with Gasteiger partial charge in [0.1, 0.15) is 11.5 Å². The molecule has 4 rings (SSSR count). The largest absolute Gasteiger partial charge is 0.435 e. The van der Waals surface area contributed by atoms with Gasteiger partial charge in [-0.05, 0) is 36.8 Å². The van der Waals surface area contributed by atoms with Crippen molar-refractivity contribution in [3.8, 4) is 22.9 Å². The Morgan fingerprint density at radius 2 is 1.75 bits per heavy atom. The van der Waals surface area contributed by atoms with Gasteiger partial charge in [-0.1, -0.05) is 12.1 Å². The summed E-state index contributed by atoms with van der Waals surface area (Å²) in [6.45, 7) is 1.60. The summed E-state index contributed by atoms with van der Waals surface area (Å²) in [6, 6.07) is 8.75. The van der Waals surface area contributed by atoms with E-state index in [1.807, 2.05) is 0 Å². The highest BCUT2D eigenvalue weighted by Gasteiger charge is 2.26. The number of nitrogens with two attached hydrogens (primary N) is 1. The molecule has 8 nitrogen and oxygen atoms in total. The number of pyridine rings is 1. The van der Waals surface area contributed by atoms with Gasteiger partial charge in [-0.2, -0.15) is 4.39 Å². The molecule has 0 fully saturated rings. The second kappa shape index (κ2) is 9.77. The highest BCUT2D eigenvalue weighted by Crippen LogP contribution is 2.35. The molecule has 0 saturated heterocycles. The van der Waals surface area contributed by atoms with Crippen LogP contribution < -0.4 is 15.2 Å². The average Bonchev–Trinajstić information content (AvgIpc) is 2.82. The quantitative estimate of drug-likeness (QED) is 0.268. The van der Waals surface area contributed by atoms with Crippen LogP contribution in [0.15, 0.2) is 54.9 Å². The number of hydrogen-bond acceptors (Lipinski definition) is 7. The third kappa shape index (κ3) is 5.35. The number of nitrogens with one attached hydrogen (secondary N) is 1. The Hall–Kier alpha value is -4.26. The van der Waals surface area contributed by atoms with E-state index in [-0.39, 0.29) is 28.6 Å². The summed E-state index contributed by atoms with van der Waals surface area (Å²) in [7, 11) is -4.52. The molecule has 0 aliphatic rings. The monoisotopic (exact) mass is 519 g/mol. The number of benzene rings is 2. The number of ether oxygens (including phenoxy) is 1. The maximum absolute atomic E-state index is 14.8. The molecule has 0 unspecified atom stereocenters. The van der Waals surface area contributed by atoms with Crippen molar-refractivity contribution < 1.29 is 30.7 Å². The molecular weight excluding hydrogens is 502 g/mol. The van der Waals surface area contributed by atoms with E-state index in [4.69, 9.17) is 10.5 Å². The maximum atomic E-state index is 14.8. The summed E-state index contributed by atoms with van der Waals surface area (Å²) in [5.41, 5.74) is 5.08. The Morgan fingerprint density at radius 1 is 0.972 bits per heavy atom. The zero-order valence-corrected chi connectivity index (χ0v) is 19.3. The van der Waals surface area contributed by atoms with Gasteiger partial charge < -0.3 is 10.5 Å². The molecule has 2 aromatic carbocycles. The summed E-state index contributed by atoms with van der Waals surface area (Å²) >= 11 is 0. The molecule has 0 aliphatic heterocycles. The standard InChI is InChI=1S/C23H17F4N5O3S/c1-12-4-5-13(15(24)9-12)11-36(33,34)32-21-16(25)10-18(19(26)20(21)27)35-22-14(3-2-7-29-22)17-6-8-30-23(28)31-17/h2-10,32H,11H2,1H3,(H2,28,30,31). The molecule has 4 aromatic rings. The molecule has 2 heterocycles. The summed E-state index contributed by atoms with van der Waals surface area (Å²) in [4.78, 5) is 11.7. The van der Waals surface area contributed by atoms with Gasteiger partial charge in [-0.3, -0.25) is 4.72 Å². The number of sulfonamides is 1. The van der Waals surface area contributed by atoms with Crippen LogP contribution in [0.3, 0.4) is 0 Å². The highest BCUT2D eigenvalue weighted by molar-refractivity contribution is 7.91. The van der Waals surface area contributed by atoms with E-state index in [2.05, 4.69) is 15.0 Å². The molecule has 36 heavy (non-hydrogen) atoms. The summed E-state index contributed by atoms with van der Waals surface area (Å²) in [5, 5.41) is 0. The Balaban J connectivity index is 1.64. The van der Waals surface area contributed by atoms with Crippen LogP contribution in [0.4, 0.5) is 29.2 Å². The van der Waals surface area contributed by atoms with Crippen molar-refractivity contribution in [1.82, 2.24) is 15.0 Å². The minimum absolute atomic E-state index is 0.0623. The normalized spacial score (nSPS) is 11.4. The number of anilines is 2. The van der Waals surface area contributed by atoms with Crippen molar-refractivity contribution in [2.75, 3.05) is 10.5 Å². The Bertz CT molecular complexity index is 1570. The fourth-order valence-corrected chi connectivity index (χ4v) is 4.42. The first-order valence-corrected chi connectivity index (χ1v) is 11.8. The zero-order valence-electron chi connectivity index (χ0n) is 18.5. The first-order valence-electron chi connectivity index (χ1n) is 10.2. The van der Waals surface area contributed by atoms with Gasteiger partial charge in [0, 0.05) is 24.0 Å². The number of hydrogen-bond donors (Lipinski definition) is 2. The van der Waals surface area contributed by atoms with Gasteiger partial charge in [-0.25, -0.2) is 36.5 Å². The van der Waals surface area contributed by atoms with E-state index < -0.39 is 50.5 Å². The van der Waals surface area contributed by atoms with Crippen LogP contribution in [-0.2, 0) is 15.8 Å². The van der Waals surface area contributed by atoms with Crippen LogP contribution in [0.1, 0.15) is 11.1 Å². The van der Waals surface area contributed by atoms with E-state index in [1.54, 1.807) is 11.6 Å². The minimum Gasteiger partial charge on any atom is -0.435 e. The van der Waals surface area contributed by atoms with E-state index in [9.17, 15) is 26.0 Å². The van der Waals surface area contributed by atoms with Crippen LogP contribution >= 0.6 is 0 Å². The van der Waals surface area contributed by atoms with E-state index in [0.717, 1.165) is 6.07 Å². The summed E-state index contributed by atoms with van der Waals surface area (Å²) in [6.07, 6.45) is 2.65. The van der Waals surface area contributed by atoms with Gasteiger partial charge in [0.2, 0.25) is 27.7 Å². The van der Waals surface area contributed by atoms with Crippen LogP contribution in [0, 0.1) is 30.2 Å². The SMILES string of the molecule is Cc1ccc(CS(=O)(=O)Nc2c(F)cc(Oc3ncccc3-c3ccnc(N)n3)c(F)c2F)c(F)c1. The Kier molecular flexibility index (Phi) is 6.75. The molecule has 0 saturated carbocycles. The lowest BCUT2D eigenvalue weighted by Gasteiger charge is -2.14. The first-order chi connectivity index (χ1) is 17.0. The van der Waals surface area contributed by atoms with Gasteiger partial charge in [0.15, 0.2) is 17.4 Å². The van der Waals surface area contributed by atoms with Crippen molar-refractivity contribution in [2.45, 2.75) is 12.7 Å². The number of nitrogens with zero attached hydrogens (tertiary/aromatic N) is 3. The van der Waals surface area contributed by atoms with Crippen molar-refractivity contribution >= 4 is 21.7 Å². The predicted octanol–water partition coefficient (Wildman–Crippen LogP) is 4.72. The molecule has 0 amide bonds. The molecule has 0 atom stereocenters. The topological polar surface area (TPSA) is 120 Å². The van der Waals surface area contributed by atoms with E-state index in [0.29, 0.717) is 11.6 Å². The smallest absolute Gasteiger partial charge is 0.237 e. The lowest BCUT2D eigenvalue weighted by molar-refractivity contribution is 0.401. The second-order valence-corrected chi connectivity index (χ2v) is 9.30. The fourth-order valence-electron chi connectivity index (χ4n) is 3.20. The van der Waals surface area contributed by atoms with Crippen molar-refractivity contribution in [3.63, 3.8) is 0 Å². The summed E-state index contributed by atoms with van der Waals surface area (Å²) < 4.78 is 90.1. The Labute approximate surface area is 202 Å². The molecule has 3 N–H and O–H groups in total. The number of rotatable bonds is 7. The van der Waals surface area contributed by atoms with Crippen molar-refractivity contribution in [2.24, 2.45) is 0 Å². The Morgan fingerprint density at radius 3 is 2.47 bits per heavy atom. The zero-order chi connectivity index (χ0) is 26.0. The van der Waals surface area contributed by atoms with Crippen molar-refractivity contribution in [3.05, 3.63) is 89.3 Å². The van der Waals surface area contributed by atoms with Crippen LogP contribution in [0.25, 0.3) is 11.3 Å². The number of nitrogen functional groups attached to an aromatic ring is 1. The first kappa shape index (κ1) is 24.9. The lowest BCUT2D eigenvalue weighted by Crippen LogP contribution is -2.18. The predicted molar refractivity (Wildman–Crippen MR) is 123 cm³/mol. The molecule has 0 aliphatic carbocycles. The average molecular weight is 519 g/mol. The van der Waals surface area contributed by atoms with Gasteiger partial charge in [0.05, 0.1) is 17.0 Å². The highest BCUT2D eigenvalue weighted by atomic mass is 32.2. The molecular formula is C23H17F4N5O3S. The molecule has 0 bridgehead atoms. The molecule has 0 spiro atoms. The van der Waals surface area contributed by atoms with Gasteiger partial charge >= 0.3 is 0 Å². The van der Waals surface area contributed by atoms with Gasteiger partial charge in [-0.15, -0.1) is 0 Å². The fraction of sp³-hybridized carbons (Fsp3) is 0.0870. The third-order valence-corrected chi connectivity index (χ3v) is 6.07. The third-order valence-electron chi connectivity index (χ3n) is 4.86. The number of aromatic nitrogens is 3. The number of halogens is 4. The molecule has 186 valence electrons. The van der Waals surface area contributed by atoms with E-state index >= 15 is 0 Å². The van der Waals surface area contributed by atoms with Crippen LogP contribution in [0.5, 0.6) is 11.6 Å². The maximum Gasteiger partial charge on any atom is 0.237 e. The molecule has 13 heteroatoms. The summed E-state index contributed by atoms with van der Waals surface area (Å²) in [5.74, 6) is -7.98. The van der Waals surface area contributed by atoms with Crippen LogP contribution in [0.2, 0.25) is 0 Å². The van der Waals surface area contributed by atoms with Crippen molar-refractivity contribution in [1.29, 1.82) is 0 Å². The second-order valence-electron chi connectivity index (χ2n) is 7.57. The van der Waals surface area contributed by atoms with Gasteiger partial charge in [0.25, 0.3) is 0 Å². The van der Waals surface area contributed by atoms with E-state index in [1.165, 1.54) is 42.7 Å². The van der Waals surface area contributed by atoms with Crippen LogP contribution in [-0.4, -0.2) is 23.4 Å². The lowest BCUT2D eigenvalue weighted by atomic mass is 10.2. The minimum atomic E-state index is -4.52. The molecule has 2 aromatic heterocycles.